The molecule has 5 nitrogen and oxygen atoms in total. The van der Waals surface area contributed by atoms with Crippen LogP contribution < -0.4 is 4.90 Å². The van der Waals surface area contributed by atoms with Crippen LogP contribution in [0.4, 0.5) is 5.69 Å². The number of fused-ring (bicyclic) bond motifs is 3. The quantitative estimate of drug-likeness (QED) is 0.0970. The molecule has 0 bridgehead atoms. The van der Waals surface area contributed by atoms with E-state index < -0.39 is 5.60 Å². The lowest BCUT2D eigenvalue weighted by atomic mass is 9.80. The number of carbonyl (C=O) groups is 1. The molecule has 5 heteroatoms. The van der Waals surface area contributed by atoms with Gasteiger partial charge < -0.3 is 18.8 Å². The normalized spacial score (nSPS) is 14.7. The number of hydrogen-bond acceptors (Lipinski definition) is 3. The molecule has 0 N–H and O–H groups in total. The van der Waals surface area contributed by atoms with Gasteiger partial charge in [-0.05, 0) is 79.8 Å². The van der Waals surface area contributed by atoms with Crippen LogP contribution >= 0.6 is 0 Å². The molecule has 1 atom stereocenters. The number of aromatic nitrogens is 2. The largest absolute Gasteiger partial charge is 0.441 e. The SMILES string of the molecule is CCCCn1c(-c2ccccc2)c(C(=CC2(c3ccc(N(CC)CC)cc3)OC(=O)c3ccccc32)c2c(-c3ccccc3)n(CCCC)c3ccccc23)c2ccccc21. The fourth-order valence-electron chi connectivity index (χ4n) is 9.67. The molecule has 0 saturated carbocycles. The van der Waals surface area contributed by atoms with Gasteiger partial charge in [-0.25, -0.2) is 4.79 Å². The van der Waals surface area contributed by atoms with Gasteiger partial charge >= 0.3 is 5.97 Å². The van der Waals surface area contributed by atoms with Crippen LogP contribution in [0.2, 0.25) is 0 Å². The van der Waals surface area contributed by atoms with E-state index in [0.29, 0.717) is 5.56 Å². The highest BCUT2D eigenvalue weighted by Crippen LogP contribution is 2.52. The van der Waals surface area contributed by atoms with Gasteiger partial charge in [0, 0.05) is 75.9 Å². The molecule has 1 aliphatic rings. The molecule has 0 fully saturated rings. The summed E-state index contributed by atoms with van der Waals surface area (Å²) in [6, 6.07) is 56.2. The minimum atomic E-state index is -1.24. The van der Waals surface area contributed by atoms with Crippen LogP contribution in [0, 0.1) is 0 Å². The summed E-state index contributed by atoms with van der Waals surface area (Å²) in [5, 5.41) is 2.33. The zero-order valence-corrected chi connectivity index (χ0v) is 35.9. The molecule has 8 aromatic rings. The summed E-state index contributed by atoms with van der Waals surface area (Å²) in [5.41, 5.74) is 12.5. The molecule has 0 aliphatic carbocycles. The molecule has 0 spiro atoms. The van der Waals surface area contributed by atoms with E-state index in [2.05, 4.69) is 187 Å². The van der Waals surface area contributed by atoms with Crippen LogP contribution in [0.1, 0.15) is 86.0 Å². The van der Waals surface area contributed by atoms with Gasteiger partial charge in [-0.1, -0.05) is 154 Å². The van der Waals surface area contributed by atoms with E-state index in [-0.39, 0.29) is 5.97 Å². The van der Waals surface area contributed by atoms with E-state index in [1.54, 1.807) is 0 Å². The number of anilines is 1. The number of aryl methyl sites for hydroxylation is 2. The van der Waals surface area contributed by atoms with Crippen molar-refractivity contribution in [1.82, 2.24) is 9.13 Å². The Morgan fingerprint density at radius 2 is 1.05 bits per heavy atom. The molecule has 9 rings (SSSR count). The Kier molecular flexibility index (Phi) is 11.2. The highest BCUT2D eigenvalue weighted by Gasteiger charge is 2.47. The number of unbranched alkanes of at least 4 members (excludes halogenated alkanes) is 2. The van der Waals surface area contributed by atoms with Crippen LogP contribution in [-0.4, -0.2) is 28.2 Å². The highest BCUT2D eigenvalue weighted by molar-refractivity contribution is 6.12. The third kappa shape index (κ3) is 6.96. The van der Waals surface area contributed by atoms with Crippen molar-refractivity contribution in [2.45, 2.75) is 72.1 Å². The molecule has 1 aliphatic heterocycles. The number of ether oxygens (including phenoxy) is 1. The van der Waals surface area contributed by atoms with Crippen molar-refractivity contribution in [3.05, 3.63) is 192 Å². The highest BCUT2D eigenvalue weighted by atomic mass is 16.6. The first-order chi connectivity index (χ1) is 30.0. The number of esters is 1. The first-order valence-electron chi connectivity index (χ1n) is 22.3. The fourth-order valence-corrected chi connectivity index (χ4v) is 9.67. The molecule has 61 heavy (non-hydrogen) atoms. The van der Waals surface area contributed by atoms with Crippen LogP contribution in [0.25, 0.3) is 49.9 Å². The number of nitrogens with zero attached hydrogens (tertiary/aromatic N) is 3. The third-order valence-corrected chi connectivity index (χ3v) is 12.6. The number of cyclic esters (lactones) is 1. The van der Waals surface area contributed by atoms with Gasteiger partial charge in [0.25, 0.3) is 0 Å². The summed E-state index contributed by atoms with van der Waals surface area (Å²) in [7, 11) is 0. The van der Waals surface area contributed by atoms with E-state index in [4.69, 9.17) is 4.74 Å². The second-order valence-electron chi connectivity index (χ2n) is 16.2. The van der Waals surface area contributed by atoms with Crippen molar-refractivity contribution >= 4 is 39.0 Å². The number of rotatable bonds is 15. The lowest BCUT2D eigenvalue weighted by Gasteiger charge is -2.29. The van der Waals surface area contributed by atoms with Crippen LogP contribution in [0.15, 0.2) is 164 Å². The fraction of sp³-hybridized carbons (Fsp3) is 0.232. The van der Waals surface area contributed by atoms with Gasteiger partial charge in [0.05, 0.1) is 17.0 Å². The summed E-state index contributed by atoms with van der Waals surface area (Å²) >= 11 is 0. The first kappa shape index (κ1) is 39.8. The molecule has 0 radical (unpaired) electrons. The Hall–Kier alpha value is -6.59. The predicted molar refractivity (Wildman–Crippen MR) is 254 cm³/mol. The van der Waals surface area contributed by atoms with Gasteiger partial charge in [0.15, 0.2) is 5.60 Å². The predicted octanol–water partition coefficient (Wildman–Crippen LogP) is 13.9. The molecular formula is C56H55N3O2. The maximum Gasteiger partial charge on any atom is 0.340 e. The standard InChI is InChI=1S/C56H55N3O2/c1-5-9-37-58-49-31-21-18-28-45(49)51(53(58)40-23-13-11-14-24-40)47(52-46-29-19-22-32-50(46)59(38-10-6-2)54(52)41-25-15-12-16-26-41)39-56(48-30-20-17-27-44(48)55(60)61-56)42-33-35-43(36-34-42)57(7-3)8-4/h11-36,39H,5-10,37-38H2,1-4H3. The average Bonchev–Trinajstić information content (AvgIpc) is 3.93. The first-order valence-corrected chi connectivity index (χ1v) is 22.3. The topological polar surface area (TPSA) is 39.4 Å². The van der Waals surface area contributed by atoms with Crippen molar-refractivity contribution in [2.24, 2.45) is 0 Å². The lowest BCUT2D eigenvalue weighted by molar-refractivity contribution is 0.0276. The van der Waals surface area contributed by atoms with E-state index in [0.717, 1.165) is 119 Å². The molecule has 2 aromatic heterocycles. The smallest absolute Gasteiger partial charge is 0.340 e. The van der Waals surface area contributed by atoms with Crippen molar-refractivity contribution in [3.8, 4) is 22.5 Å². The minimum absolute atomic E-state index is 0.318. The molecule has 306 valence electrons. The summed E-state index contributed by atoms with van der Waals surface area (Å²) < 4.78 is 12.0. The molecule has 0 amide bonds. The Morgan fingerprint density at radius 3 is 1.56 bits per heavy atom. The monoisotopic (exact) mass is 801 g/mol. The number of para-hydroxylation sites is 2. The Balaban J connectivity index is 1.49. The molecule has 0 saturated heterocycles. The van der Waals surface area contributed by atoms with Crippen LogP contribution in [0.3, 0.4) is 0 Å². The Morgan fingerprint density at radius 1 is 0.574 bits per heavy atom. The van der Waals surface area contributed by atoms with Crippen molar-refractivity contribution in [2.75, 3.05) is 18.0 Å². The van der Waals surface area contributed by atoms with E-state index >= 15 is 0 Å². The number of hydrogen-bond donors (Lipinski definition) is 0. The molecule has 1 unspecified atom stereocenters. The number of benzene rings is 6. The van der Waals surface area contributed by atoms with Gasteiger partial charge in [-0.2, -0.15) is 0 Å². The number of carbonyl (C=O) groups excluding carboxylic acids is 1. The van der Waals surface area contributed by atoms with Crippen molar-refractivity contribution < 1.29 is 9.53 Å². The van der Waals surface area contributed by atoms with Crippen LogP contribution in [0.5, 0.6) is 0 Å². The van der Waals surface area contributed by atoms with Gasteiger partial charge in [0.1, 0.15) is 0 Å². The lowest BCUT2D eigenvalue weighted by Crippen LogP contribution is -2.27. The summed E-state index contributed by atoms with van der Waals surface area (Å²) in [5.74, 6) is -0.318. The maximum atomic E-state index is 14.4. The van der Waals surface area contributed by atoms with Gasteiger partial charge in [0.2, 0.25) is 0 Å². The molecule has 3 heterocycles. The van der Waals surface area contributed by atoms with Gasteiger partial charge in [-0.15, -0.1) is 0 Å². The summed E-state index contributed by atoms with van der Waals surface area (Å²) in [6.45, 7) is 12.4. The van der Waals surface area contributed by atoms with E-state index in [9.17, 15) is 4.79 Å². The third-order valence-electron chi connectivity index (χ3n) is 12.6. The van der Waals surface area contributed by atoms with Crippen molar-refractivity contribution in [3.63, 3.8) is 0 Å². The van der Waals surface area contributed by atoms with Gasteiger partial charge in [-0.3, -0.25) is 0 Å². The zero-order chi connectivity index (χ0) is 41.9. The maximum absolute atomic E-state index is 14.4. The Labute approximate surface area is 360 Å². The second kappa shape index (κ2) is 17.2. The molecule has 6 aromatic carbocycles. The summed E-state index contributed by atoms with van der Waals surface area (Å²) in [6.07, 6.45) is 6.54. The van der Waals surface area contributed by atoms with Crippen LogP contribution in [-0.2, 0) is 23.4 Å². The molecular weight excluding hydrogens is 747 g/mol. The van der Waals surface area contributed by atoms with Crippen molar-refractivity contribution in [1.29, 1.82) is 0 Å². The summed E-state index contributed by atoms with van der Waals surface area (Å²) in [4.78, 5) is 16.7. The van der Waals surface area contributed by atoms with E-state index in [1.165, 1.54) is 11.0 Å². The Bertz CT molecular complexity index is 2710. The zero-order valence-electron chi connectivity index (χ0n) is 35.9. The average molecular weight is 802 g/mol. The van der Waals surface area contributed by atoms with E-state index in [1.807, 2.05) is 18.2 Å². The second-order valence-corrected chi connectivity index (χ2v) is 16.2. The minimum Gasteiger partial charge on any atom is -0.441 e.